The zero-order chi connectivity index (χ0) is 22.0. The summed E-state index contributed by atoms with van der Waals surface area (Å²) in [7, 11) is 0. The monoisotopic (exact) mass is 556 g/mol. The van der Waals surface area contributed by atoms with Gasteiger partial charge in [0.1, 0.15) is 0 Å². The van der Waals surface area contributed by atoms with Crippen LogP contribution in [0.1, 0.15) is 89.5 Å². The van der Waals surface area contributed by atoms with Crippen LogP contribution in [-0.2, 0) is 38.5 Å². The molecule has 0 aromatic heterocycles. The summed E-state index contributed by atoms with van der Waals surface area (Å²) < 4.78 is 5.55. The summed E-state index contributed by atoms with van der Waals surface area (Å²) in [6, 6.07) is 12.5. The van der Waals surface area contributed by atoms with E-state index in [1.54, 1.807) is 17.7 Å². The fraction of sp³-hybridized carbons (Fsp3) is 0.433. The molecule has 0 aliphatic heterocycles. The van der Waals surface area contributed by atoms with Gasteiger partial charge in [-0.15, -0.1) is 0 Å². The molecule has 0 nitrogen and oxygen atoms in total. The number of fused-ring (bicyclic) bond motifs is 3. The van der Waals surface area contributed by atoms with Gasteiger partial charge in [0.25, 0.3) is 0 Å². The van der Waals surface area contributed by atoms with Gasteiger partial charge in [0, 0.05) is 0 Å². The average Bonchev–Trinajstić information content (AvgIpc) is 3.29. The first-order valence-electron chi connectivity index (χ1n) is 12.0. The first-order chi connectivity index (χ1) is 14.6. The summed E-state index contributed by atoms with van der Waals surface area (Å²) in [5, 5.41) is 0. The van der Waals surface area contributed by atoms with Crippen molar-refractivity contribution in [1.29, 1.82) is 0 Å². The Labute approximate surface area is 220 Å². The molecule has 1 fully saturated rings. The summed E-state index contributed by atoms with van der Waals surface area (Å²) in [4.78, 5) is 0. The summed E-state index contributed by atoms with van der Waals surface area (Å²) >= 11 is -1.99. The van der Waals surface area contributed by atoms with Crippen LogP contribution in [0.5, 0.6) is 0 Å². The Kier molecular flexibility index (Phi) is 7.91. The topological polar surface area (TPSA) is 0 Å². The zero-order valence-corrected chi connectivity index (χ0v) is 24.9. The number of hydrogen-bond acceptors (Lipinski definition) is 0. The molecule has 3 aliphatic carbocycles. The van der Waals surface area contributed by atoms with Gasteiger partial charge < -0.3 is 24.8 Å². The molecule has 3 heteroatoms. The van der Waals surface area contributed by atoms with Crippen molar-refractivity contribution in [2.75, 3.05) is 0 Å². The maximum Gasteiger partial charge on any atom is -1.00 e. The van der Waals surface area contributed by atoms with E-state index < -0.39 is 21.3 Å². The Hall–Kier alpha value is -0.747. The van der Waals surface area contributed by atoms with E-state index in [2.05, 4.69) is 90.1 Å². The Balaban J connectivity index is 0.00000153. The van der Waals surface area contributed by atoms with Crippen molar-refractivity contribution in [2.45, 2.75) is 84.5 Å². The van der Waals surface area contributed by atoms with Crippen molar-refractivity contribution in [3.8, 4) is 11.1 Å². The number of allylic oxidation sites excluding steroid dienone is 4. The number of hydrogen-bond donors (Lipinski definition) is 0. The molecule has 1 saturated carbocycles. The number of halogens is 2. The molecule has 2 aromatic rings. The number of rotatable bonds is 2. The molecule has 0 bridgehead atoms. The van der Waals surface area contributed by atoms with E-state index in [-0.39, 0.29) is 35.6 Å². The molecule has 3 aliphatic rings. The van der Waals surface area contributed by atoms with E-state index in [4.69, 9.17) is 0 Å². The van der Waals surface area contributed by atoms with Crippen molar-refractivity contribution < 1.29 is 46.1 Å². The second kappa shape index (κ2) is 9.72. The molecular formula is C30H36Cl2Zr. The molecule has 0 amide bonds. The quantitative estimate of drug-likeness (QED) is 0.445. The molecule has 0 spiro atoms. The maximum atomic E-state index is 2.66. The molecule has 0 saturated heterocycles. The smallest absolute Gasteiger partial charge is 1.00 e. The van der Waals surface area contributed by atoms with Crippen LogP contribution in [0.3, 0.4) is 0 Å². The van der Waals surface area contributed by atoms with Gasteiger partial charge in [-0.25, -0.2) is 0 Å². The third kappa shape index (κ3) is 4.98. The zero-order valence-electron chi connectivity index (χ0n) is 20.9. The van der Waals surface area contributed by atoms with E-state index >= 15 is 0 Å². The molecule has 174 valence electrons. The van der Waals surface area contributed by atoms with Crippen LogP contribution < -0.4 is 28.1 Å². The largest absolute Gasteiger partial charge is 1.00 e. The van der Waals surface area contributed by atoms with Crippen molar-refractivity contribution in [3.05, 3.63) is 74.1 Å². The van der Waals surface area contributed by atoms with Crippen molar-refractivity contribution >= 4 is 6.48 Å². The first kappa shape index (κ1) is 26.9. The van der Waals surface area contributed by atoms with Crippen LogP contribution in [0.4, 0.5) is 0 Å². The second-order valence-corrected chi connectivity index (χ2v) is 18.2. The van der Waals surface area contributed by atoms with Gasteiger partial charge in [0.15, 0.2) is 0 Å². The van der Waals surface area contributed by atoms with E-state index in [1.165, 1.54) is 47.9 Å². The van der Waals surface area contributed by atoms with Crippen LogP contribution >= 0.6 is 0 Å². The Morgan fingerprint density at radius 3 is 2.00 bits per heavy atom. The molecule has 33 heavy (non-hydrogen) atoms. The van der Waals surface area contributed by atoms with Gasteiger partial charge in [0.05, 0.1) is 0 Å². The minimum atomic E-state index is -1.99. The Bertz CT molecular complexity index is 1160. The minimum Gasteiger partial charge on any atom is -1.00 e. The molecule has 0 heterocycles. The molecular weight excluding hydrogens is 522 g/mol. The Morgan fingerprint density at radius 1 is 0.788 bits per heavy atom. The molecule has 0 N–H and O–H groups in total. The van der Waals surface area contributed by atoms with Crippen LogP contribution in [0.25, 0.3) is 11.1 Å². The predicted octanol–water partition coefficient (Wildman–Crippen LogP) is 1.30. The van der Waals surface area contributed by atoms with Crippen molar-refractivity contribution in [1.82, 2.24) is 0 Å². The first-order valence-corrected chi connectivity index (χ1v) is 15.7. The standard InChI is InChI=1S/C21H25.C5H5.C4H6.2ClH.Zr/c1-20(2,3)16-9-7-14-11-15-8-10-17(21(4,5)6)13-19(15)18(14)12-16;1-2-4-5-3-1;1-2-4-3-1;;;/h7,9-10,12-13H,11H2,1-6H3;1-3H,4H2;1-3H2;2*1H;/q;;;;;+2/p-2. The summed E-state index contributed by atoms with van der Waals surface area (Å²) in [6.45, 7) is 14.2. The molecule has 0 radical (unpaired) electrons. The fourth-order valence-electron chi connectivity index (χ4n) is 5.22. The van der Waals surface area contributed by atoms with Crippen molar-refractivity contribution in [3.63, 3.8) is 0 Å². The summed E-state index contributed by atoms with van der Waals surface area (Å²) in [6.07, 6.45) is 13.7. The van der Waals surface area contributed by atoms with E-state index in [0.29, 0.717) is 0 Å². The van der Waals surface area contributed by atoms with Crippen LogP contribution in [-0.4, -0.2) is 3.21 Å². The molecule has 2 aromatic carbocycles. The third-order valence-corrected chi connectivity index (χ3v) is 15.3. The average molecular weight is 559 g/mol. The van der Waals surface area contributed by atoms with Gasteiger partial charge in [0.2, 0.25) is 0 Å². The van der Waals surface area contributed by atoms with Gasteiger partial charge in [-0.1, -0.05) is 0 Å². The van der Waals surface area contributed by atoms with Crippen molar-refractivity contribution in [2.24, 2.45) is 0 Å². The van der Waals surface area contributed by atoms with Gasteiger partial charge in [-0.05, 0) is 0 Å². The third-order valence-electron chi connectivity index (χ3n) is 7.42. The van der Waals surface area contributed by atoms with E-state index in [9.17, 15) is 0 Å². The van der Waals surface area contributed by atoms with E-state index in [0.717, 1.165) is 6.42 Å². The normalized spacial score (nSPS) is 16.0. The van der Waals surface area contributed by atoms with Gasteiger partial charge in [-0.2, -0.15) is 0 Å². The molecule has 5 rings (SSSR count). The van der Waals surface area contributed by atoms with E-state index in [1.807, 2.05) is 3.21 Å². The summed E-state index contributed by atoms with van der Waals surface area (Å²) in [5.74, 6) is 0. The SMILES string of the molecule is CC(C)(C)c1ccc2c(c1)-c1cc(C(C)(C)C)c[c]([Zr+2]([C]3=CC=CC3)=[C]3CCC3)c1C2.[Cl-].[Cl-]. The van der Waals surface area contributed by atoms with Gasteiger partial charge in [-0.3, -0.25) is 0 Å². The Morgan fingerprint density at radius 2 is 1.45 bits per heavy atom. The molecule has 0 unspecified atom stereocenters. The summed E-state index contributed by atoms with van der Waals surface area (Å²) in [5.41, 5.74) is 9.62. The van der Waals surface area contributed by atoms with Crippen LogP contribution in [0.15, 0.2) is 51.8 Å². The van der Waals surface area contributed by atoms with Crippen LogP contribution in [0.2, 0.25) is 0 Å². The number of benzene rings is 2. The second-order valence-electron chi connectivity index (χ2n) is 11.8. The van der Waals surface area contributed by atoms with Gasteiger partial charge >= 0.3 is 197 Å². The maximum absolute atomic E-state index is 2.66. The minimum absolute atomic E-state index is 0. The fourth-order valence-corrected chi connectivity index (χ4v) is 13.7. The predicted molar refractivity (Wildman–Crippen MR) is 132 cm³/mol. The van der Waals surface area contributed by atoms with Crippen LogP contribution in [0, 0.1) is 0 Å². The molecule has 0 atom stereocenters.